The third-order valence-electron chi connectivity index (χ3n) is 3.00. The predicted octanol–water partition coefficient (Wildman–Crippen LogP) is 3.53. The predicted molar refractivity (Wildman–Crippen MR) is 93.7 cm³/mol. The van der Waals surface area contributed by atoms with Crippen LogP contribution < -0.4 is 10.6 Å². The lowest BCUT2D eigenvalue weighted by atomic mass is 10.2. The zero-order valence-electron chi connectivity index (χ0n) is 13.3. The van der Waals surface area contributed by atoms with Crippen molar-refractivity contribution in [2.75, 3.05) is 19.0 Å². The third kappa shape index (κ3) is 6.30. The fraction of sp³-hybridized carbons (Fsp3) is 0.294. The Bertz CT molecular complexity index is 622. The molecule has 1 aromatic heterocycles. The number of ether oxygens (including phenoxy) is 1. The smallest absolute Gasteiger partial charge is 0.319 e. The SMILES string of the molecule is COC[C@H](C)NC(=O)Nc1cccc(CSc2ccccn2)c1. The zero-order valence-corrected chi connectivity index (χ0v) is 14.1. The zero-order chi connectivity index (χ0) is 16.5. The maximum atomic E-state index is 11.9. The van der Waals surface area contributed by atoms with E-state index in [-0.39, 0.29) is 12.1 Å². The monoisotopic (exact) mass is 331 g/mol. The number of anilines is 1. The first kappa shape index (κ1) is 17.3. The molecular formula is C17H21N3O2S. The van der Waals surface area contributed by atoms with Crippen LogP contribution in [0.15, 0.2) is 53.7 Å². The first-order chi connectivity index (χ1) is 11.2. The van der Waals surface area contributed by atoms with E-state index in [2.05, 4.69) is 15.6 Å². The summed E-state index contributed by atoms with van der Waals surface area (Å²) in [5, 5.41) is 6.64. The molecule has 122 valence electrons. The Morgan fingerprint density at radius 3 is 2.91 bits per heavy atom. The molecular weight excluding hydrogens is 310 g/mol. The number of benzene rings is 1. The van der Waals surface area contributed by atoms with E-state index in [1.807, 2.05) is 49.4 Å². The number of hydrogen-bond acceptors (Lipinski definition) is 4. The van der Waals surface area contributed by atoms with Gasteiger partial charge in [0.1, 0.15) is 0 Å². The molecule has 2 rings (SSSR count). The van der Waals surface area contributed by atoms with Crippen LogP contribution in [0, 0.1) is 0 Å². The summed E-state index contributed by atoms with van der Waals surface area (Å²) in [6.07, 6.45) is 1.78. The molecule has 0 unspecified atom stereocenters. The van der Waals surface area contributed by atoms with Gasteiger partial charge in [0.25, 0.3) is 0 Å². The number of aromatic nitrogens is 1. The van der Waals surface area contributed by atoms with Crippen LogP contribution in [0.3, 0.4) is 0 Å². The summed E-state index contributed by atoms with van der Waals surface area (Å²) in [6, 6.07) is 13.4. The average molecular weight is 331 g/mol. The average Bonchev–Trinajstić information content (AvgIpc) is 2.54. The molecule has 0 saturated carbocycles. The molecule has 0 fully saturated rings. The van der Waals surface area contributed by atoms with Gasteiger partial charge >= 0.3 is 6.03 Å². The highest BCUT2D eigenvalue weighted by molar-refractivity contribution is 7.98. The number of pyridine rings is 1. The summed E-state index contributed by atoms with van der Waals surface area (Å²) in [7, 11) is 1.61. The van der Waals surface area contributed by atoms with Gasteiger partial charge in [0.15, 0.2) is 0 Å². The van der Waals surface area contributed by atoms with Gasteiger partial charge in [-0.3, -0.25) is 0 Å². The van der Waals surface area contributed by atoms with Crippen LogP contribution >= 0.6 is 11.8 Å². The lowest BCUT2D eigenvalue weighted by Gasteiger charge is -2.14. The highest BCUT2D eigenvalue weighted by Gasteiger charge is 2.07. The Kier molecular flexibility index (Phi) is 6.90. The van der Waals surface area contributed by atoms with Crippen molar-refractivity contribution >= 4 is 23.5 Å². The number of rotatable bonds is 7. The van der Waals surface area contributed by atoms with E-state index in [9.17, 15) is 4.79 Å². The Labute approximate surface area is 140 Å². The third-order valence-corrected chi connectivity index (χ3v) is 4.02. The number of hydrogen-bond donors (Lipinski definition) is 2. The van der Waals surface area contributed by atoms with Gasteiger partial charge in [-0.2, -0.15) is 0 Å². The van der Waals surface area contributed by atoms with Crippen LogP contribution in [0.5, 0.6) is 0 Å². The summed E-state index contributed by atoms with van der Waals surface area (Å²) in [4.78, 5) is 16.2. The van der Waals surface area contributed by atoms with Gasteiger partial charge in [-0.25, -0.2) is 9.78 Å². The molecule has 0 aliphatic heterocycles. The Morgan fingerprint density at radius 2 is 2.17 bits per heavy atom. The molecule has 6 heteroatoms. The molecule has 0 aliphatic carbocycles. The molecule has 5 nitrogen and oxygen atoms in total. The fourth-order valence-corrected chi connectivity index (χ4v) is 2.82. The summed E-state index contributed by atoms with van der Waals surface area (Å²) in [5.41, 5.74) is 1.90. The first-order valence-corrected chi connectivity index (χ1v) is 8.35. The van der Waals surface area contributed by atoms with Crippen LogP contribution in [0.4, 0.5) is 10.5 Å². The van der Waals surface area contributed by atoms with Gasteiger partial charge in [0.2, 0.25) is 0 Å². The number of nitrogens with one attached hydrogen (secondary N) is 2. The first-order valence-electron chi connectivity index (χ1n) is 7.36. The summed E-state index contributed by atoms with van der Waals surface area (Å²) >= 11 is 1.66. The van der Waals surface area contributed by atoms with Crippen LogP contribution in [0.1, 0.15) is 12.5 Å². The standard InChI is InChI=1S/C17H21N3O2S/c1-13(11-22-2)19-17(21)20-15-7-5-6-14(10-15)12-23-16-8-3-4-9-18-16/h3-10,13H,11-12H2,1-2H3,(H2,19,20,21)/t13-/m0/s1. The van der Waals surface area contributed by atoms with Crippen LogP contribution in [0.2, 0.25) is 0 Å². The number of urea groups is 1. The fourth-order valence-electron chi connectivity index (χ4n) is 2.01. The van der Waals surface area contributed by atoms with Crippen molar-refractivity contribution < 1.29 is 9.53 Å². The lowest BCUT2D eigenvalue weighted by molar-refractivity contribution is 0.173. The van der Waals surface area contributed by atoms with Crippen LogP contribution in [-0.2, 0) is 10.5 Å². The maximum Gasteiger partial charge on any atom is 0.319 e. The van der Waals surface area contributed by atoms with Gasteiger partial charge < -0.3 is 15.4 Å². The van der Waals surface area contributed by atoms with E-state index in [1.165, 1.54) is 0 Å². The Balaban J connectivity index is 1.88. The molecule has 0 bridgehead atoms. The van der Waals surface area contributed by atoms with Crippen LogP contribution in [0.25, 0.3) is 0 Å². The minimum atomic E-state index is -0.232. The number of nitrogens with zero attached hydrogens (tertiary/aromatic N) is 1. The normalized spacial score (nSPS) is 11.7. The molecule has 2 aromatic rings. The van der Waals surface area contributed by atoms with Crippen molar-refractivity contribution in [1.82, 2.24) is 10.3 Å². The topological polar surface area (TPSA) is 63.2 Å². The molecule has 0 radical (unpaired) electrons. The van der Waals surface area contributed by atoms with E-state index in [0.717, 1.165) is 22.0 Å². The quantitative estimate of drug-likeness (QED) is 0.762. The number of carbonyl (C=O) groups excluding carboxylic acids is 1. The second kappa shape index (κ2) is 9.17. The van der Waals surface area contributed by atoms with Crippen molar-refractivity contribution in [2.45, 2.75) is 23.7 Å². The molecule has 0 saturated heterocycles. The van der Waals surface area contributed by atoms with E-state index < -0.39 is 0 Å². The van der Waals surface area contributed by atoms with Crippen molar-refractivity contribution in [2.24, 2.45) is 0 Å². The molecule has 1 heterocycles. The number of carbonyl (C=O) groups is 1. The summed E-state index contributed by atoms with van der Waals surface area (Å²) in [5.74, 6) is 0.800. The highest BCUT2D eigenvalue weighted by atomic mass is 32.2. The second-order valence-corrected chi connectivity index (χ2v) is 6.11. The van der Waals surface area contributed by atoms with Gasteiger partial charge in [-0.1, -0.05) is 18.2 Å². The molecule has 1 atom stereocenters. The molecule has 0 spiro atoms. The van der Waals surface area contributed by atoms with Gasteiger partial charge in [-0.15, -0.1) is 11.8 Å². The number of methoxy groups -OCH3 is 1. The number of thioether (sulfide) groups is 1. The lowest BCUT2D eigenvalue weighted by Crippen LogP contribution is -2.38. The highest BCUT2D eigenvalue weighted by Crippen LogP contribution is 2.22. The Hall–Kier alpha value is -2.05. The van der Waals surface area contributed by atoms with E-state index in [4.69, 9.17) is 4.74 Å². The molecule has 2 N–H and O–H groups in total. The van der Waals surface area contributed by atoms with Gasteiger partial charge in [0.05, 0.1) is 17.7 Å². The van der Waals surface area contributed by atoms with E-state index in [0.29, 0.717) is 6.61 Å². The second-order valence-electron chi connectivity index (χ2n) is 5.11. The summed E-state index contributed by atoms with van der Waals surface area (Å²) in [6.45, 7) is 2.37. The minimum absolute atomic E-state index is 0.0390. The number of amides is 2. The van der Waals surface area contributed by atoms with Crippen molar-refractivity contribution in [3.8, 4) is 0 Å². The van der Waals surface area contributed by atoms with Gasteiger partial charge in [-0.05, 0) is 36.8 Å². The molecule has 2 amide bonds. The summed E-state index contributed by atoms with van der Waals surface area (Å²) < 4.78 is 5.00. The minimum Gasteiger partial charge on any atom is -0.383 e. The van der Waals surface area contributed by atoms with E-state index >= 15 is 0 Å². The van der Waals surface area contributed by atoms with Crippen molar-refractivity contribution in [3.63, 3.8) is 0 Å². The Morgan fingerprint density at radius 1 is 1.30 bits per heavy atom. The van der Waals surface area contributed by atoms with Crippen molar-refractivity contribution in [1.29, 1.82) is 0 Å². The van der Waals surface area contributed by atoms with E-state index in [1.54, 1.807) is 25.1 Å². The maximum absolute atomic E-state index is 11.9. The van der Waals surface area contributed by atoms with Crippen molar-refractivity contribution in [3.05, 3.63) is 54.2 Å². The van der Waals surface area contributed by atoms with Crippen LogP contribution in [-0.4, -0.2) is 30.8 Å². The van der Waals surface area contributed by atoms with Gasteiger partial charge in [0, 0.05) is 24.7 Å². The largest absolute Gasteiger partial charge is 0.383 e. The molecule has 1 aromatic carbocycles. The molecule has 0 aliphatic rings. The molecule has 23 heavy (non-hydrogen) atoms.